The second kappa shape index (κ2) is 5.32. The molecular formula is C14H16N2O4. The van der Waals surface area contributed by atoms with Crippen LogP contribution in [0, 0.1) is 0 Å². The van der Waals surface area contributed by atoms with Gasteiger partial charge in [0.2, 0.25) is 0 Å². The standard InChI is InChI=1S/C14H16N2O4/c1-4-9-5-6-15-11(7-9)16-8-10-12(17)19-14(2,3)20-13(10)18/h5-8H,4H2,1-3H3,(H,15,16). The first-order chi connectivity index (χ1) is 9.41. The molecule has 1 fully saturated rings. The lowest BCUT2D eigenvalue weighted by Crippen LogP contribution is -2.42. The highest BCUT2D eigenvalue weighted by molar-refractivity contribution is 6.15. The number of cyclic esters (lactones) is 2. The molecule has 0 bridgehead atoms. The lowest BCUT2D eigenvalue weighted by atomic mass is 10.2. The summed E-state index contributed by atoms with van der Waals surface area (Å²) in [6, 6.07) is 3.73. The summed E-state index contributed by atoms with van der Waals surface area (Å²) in [4.78, 5) is 27.5. The summed E-state index contributed by atoms with van der Waals surface area (Å²) in [7, 11) is 0. The number of hydrogen-bond donors (Lipinski definition) is 1. The lowest BCUT2D eigenvalue weighted by Gasteiger charge is -2.29. The van der Waals surface area contributed by atoms with Crippen molar-refractivity contribution < 1.29 is 19.1 Å². The minimum atomic E-state index is -1.23. The van der Waals surface area contributed by atoms with E-state index in [0.29, 0.717) is 5.82 Å². The third-order valence-corrected chi connectivity index (χ3v) is 2.71. The van der Waals surface area contributed by atoms with E-state index in [2.05, 4.69) is 10.3 Å². The molecule has 0 radical (unpaired) electrons. The fourth-order valence-electron chi connectivity index (χ4n) is 1.70. The Morgan fingerprint density at radius 3 is 2.55 bits per heavy atom. The van der Waals surface area contributed by atoms with Gasteiger partial charge in [-0.2, -0.15) is 0 Å². The molecule has 1 N–H and O–H groups in total. The van der Waals surface area contributed by atoms with Gasteiger partial charge in [0.25, 0.3) is 5.79 Å². The van der Waals surface area contributed by atoms with Gasteiger partial charge in [-0.25, -0.2) is 14.6 Å². The van der Waals surface area contributed by atoms with Crippen LogP contribution in [-0.4, -0.2) is 22.7 Å². The Morgan fingerprint density at radius 2 is 1.95 bits per heavy atom. The normalized spacial score (nSPS) is 17.2. The first-order valence-electron chi connectivity index (χ1n) is 6.29. The maximum atomic E-state index is 11.7. The molecule has 0 saturated carbocycles. The van der Waals surface area contributed by atoms with Crippen LogP contribution in [0.15, 0.2) is 30.1 Å². The average molecular weight is 276 g/mol. The van der Waals surface area contributed by atoms with Crippen molar-refractivity contribution in [3.63, 3.8) is 0 Å². The van der Waals surface area contributed by atoms with Gasteiger partial charge in [-0.05, 0) is 24.1 Å². The first-order valence-corrected chi connectivity index (χ1v) is 6.29. The van der Waals surface area contributed by atoms with Gasteiger partial charge >= 0.3 is 11.9 Å². The van der Waals surface area contributed by atoms with E-state index in [4.69, 9.17) is 9.47 Å². The highest BCUT2D eigenvalue weighted by Gasteiger charge is 2.38. The molecule has 0 spiro atoms. The van der Waals surface area contributed by atoms with E-state index in [1.165, 1.54) is 20.0 Å². The van der Waals surface area contributed by atoms with Crippen molar-refractivity contribution in [1.29, 1.82) is 0 Å². The molecule has 2 heterocycles. The monoisotopic (exact) mass is 276 g/mol. The fourth-order valence-corrected chi connectivity index (χ4v) is 1.70. The van der Waals surface area contributed by atoms with Crippen molar-refractivity contribution in [3.8, 4) is 0 Å². The van der Waals surface area contributed by atoms with Crippen molar-refractivity contribution >= 4 is 17.8 Å². The minimum Gasteiger partial charge on any atom is -0.419 e. The van der Waals surface area contributed by atoms with Gasteiger partial charge in [0.05, 0.1) is 0 Å². The second-order valence-electron chi connectivity index (χ2n) is 4.78. The van der Waals surface area contributed by atoms with Gasteiger partial charge in [-0.1, -0.05) is 6.92 Å². The highest BCUT2D eigenvalue weighted by atomic mass is 16.7. The number of carbonyl (C=O) groups is 2. The quantitative estimate of drug-likeness (QED) is 0.515. The third kappa shape index (κ3) is 3.14. The predicted octanol–water partition coefficient (Wildman–Crippen LogP) is 1.78. The van der Waals surface area contributed by atoms with Crippen molar-refractivity contribution in [2.75, 3.05) is 5.32 Å². The number of anilines is 1. The number of aromatic nitrogens is 1. The van der Waals surface area contributed by atoms with Crippen LogP contribution in [0.4, 0.5) is 5.82 Å². The number of nitrogens with zero attached hydrogens (tertiary/aromatic N) is 1. The Morgan fingerprint density at radius 1 is 1.30 bits per heavy atom. The topological polar surface area (TPSA) is 77.5 Å². The Bertz CT molecular complexity index is 556. The van der Waals surface area contributed by atoms with Gasteiger partial charge in [-0.15, -0.1) is 0 Å². The predicted molar refractivity (Wildman–Crippen MR) is 71.6 cm³/mol. The third-order valence-electron chi connectivity index (χ3n) is 2.71. The van der Waals surface area contributed by atoms with E-state index >= 15 is 0 Å². The van der Waals surface area contributed by atoms with E-state index < -0.39 is 17.7 Å². The Balaban J connectivity index is 2.15. The van der Waals surface area contributed by atoms with E-state index in [-0.39, 0.29) is 5.57 Å². The molecule has 1 saturated heterocycles. The van der Waals surface area contributed by atoms with Gasteiger partial charge in [-0.3, -0.25) is 0 Å². The molecule has 106 valence electrons. The van der Waals surface area contributed by atoms with Gasteiger partial charge < -0.3 is 14.8 Å². The molecule has 0 aromatic carbocycles. The molecule has 0 unspecified atom stereocenters. The maximum absolute atomic E-state index is 11.7. The summed E-state index contributed by atoms with van der Waals surface area (Å²) in [5.74, 6) is -2.12. The molecule has 6 heteroatoms. The molecule has 0 aliphatic carbocycles. The average Bonchev–Trinajstić information content (AvgIpc) is 2.36. The van der Waals surface area contributed by atoms with Crippen molar-refractivity contribution in [2.45, 2.75) is 33.0 Å². The molecule has 0 amide bonds. The smallest absolute Gasteiger partial charge is 0.350 e. The van der Waals surface area contributed by atoms with E-state index in [0.717, 1.165) is 12.0 Å². The Hall–Kier alpha value is -2.37. The maximum Gasteiger partial charge on any atom is 0.350 e. The number of pyridine rings is 1. The summed E-state index contributed by atoms with van der Waals surface area (Å²) in [5, 5.41) is 2.80. The van der Waals surface area contributed by atoms with Crippen molar-refractivity contribution in [3.05, 3.63) is 35.7 Å². The lowest BCUT2D eigenvalue weighted by molar-refractivity contribution is -0.222. The number of nitrogens with one attached hydrogen (secondary N) is 1. The zero-order valence-corrected chi connectivity index (χ0v) is 11.6. The summed E-state index contributed by atoms with van der Waals surface area (Å²) in [6.07, 6.45) is 3.77. The number of rotatable bonds is 3. The highest BCUT2D eigenvalue weighted by Crippen LogP contribution is 2.22. The molecule has 1 aliphatic heterocycles. The summed E-state index contributed by atoms with van der Waals surface area (Å²) < 4.78 is 9.96. The molecule has 1 aliphatic rings. The zero-order valence-electron chi connectivity index (χ0n) is 11.6. The molecule has 1 aromatic heterocycles. The van der Waals surface area contributed by atoms with E-state index in [1.807, 2.05) is 19.1 Å². The number of carbonyl (C=O) groups excluding carboxylic acids is 2. The van der Waals surface area contributed by atoms with Crippen LogP contribution in [0.25, 0.3) is 0 Å². The number of aryl methyl sites for hydroxylation is 1. The van der Waals surface area contributed by atoms with Gasteiger partial charge in [0, 0.05) is 26.2 Å². The van der Waals surface area contributed by atoms with Crippen molar-refractivity contribution in [2.24, 2.45) is 0 Å². The zero-order chi connectivity index (χ0) is 14.8. The molecular weight excluding hydrogens is 260 g/mol. The number of hydrogen-bond acceptors (Lipinski definition) is 6. The van der Waals surface area contributed by atoms with Gasteiger partial charge in [0.15, 0.2) is 5.57 Å². The minimum absolute atomic E-state index is 0.187. The van der Waals surface area contributed by atoms with Crippen LogP contribution < -0.4 is 5.32 Å². The summed E-state index contributed by atoms with van der Waals surface area (Å²) in [5.41, 5.74) is 0.906. The van der Waals surface area contributed by atoms with Crippen LogP contribution in [0.2, 0.25) is 0 Å². The first kappa shape index (κ1) is 14.0. The Kier molecular flexibility index (Phi) is 3.74. The van der Waals surface area contributed by atoms with Gasteiger partial charge in [0.1, 0.15) is 5.82 Å². The van der Waals surface area contributed by atoms with E-state index in [1.54, 1.807) is 6.20 Å². The van der Waals surface area contributed by atoms with Crippen LogP contribution in [0.1, 0.15) is 26.3 Å². The molecule has 6 nitrogen and oxygen atoms in total. The van der Waals surface area contributed by atoms with Crippen LogP contribution in [0.3, 0.4) is 0 Å². The Labute approximate surface area is 116 Å². The van der Waals surface area contributed by atoms with Crippen LogP contribution in [0.5, 0.6) is 0 Å². The largest absolute Gasteiger partial charge is 0.419 e. The SMILES string of the molecule is CCc1ccnc(NC=C2C(=O)OC(C)(C)OC2=O)c1. The number of esters is 2. The second-order valence-corrected chi connectivity index (χ2v) is 4.78. The van der Waals surface area contributed by atoms with Crippen LogP contribution in [-0.2, 0) is 25.5 Å². The fraction of sp³-hybridized carbons (Fsp3) is 0.357. The summed E-state index contributed by atoms with van der Waals surface area (Å²) in [6.45, 7) is 5.02. The van der Waals surface area contributed by atoms with Crippen molar-refractivity contribution in [1.82, 2.24) is 4.98 Å². The van der Waals surface area contributed by atoms with E-state index in [9.17, 15) is 9.59 Å². The van der Waals surface area contributed by atoms with Crippen LogP contribution >= 0.6 is 0 Å². The molecule has 0 atom stereocenters. The molecule has 20 heavy (non-hydrogen) atoms. The number of ether oxygens (including phenoxy) is 2. The summed E-state index contributed by atoms with van der Waals surface area (Å²) >= 11 is 0. The molecule has 2 rings (SSSR count). The molecule has 1 aromatic rings.